The fourth-order valence-electron chi connectivity index (χ4n) is 2.86. The lowest BCUT2D eigenvalue weighted by atomic mass is 10.2. The summed E-state index contributed by atoms with van der Waals surface area (Å²) in [7, 11) is 2.12. The van der Waals surface area contributed by atoms with E-state index in [1.54, 1.807) is 11.3 Å². The van der Waals surface area contributed by atoms with Crippen LogP contribution in [0.5, 0.6) is 0 Å². The fraction of sp³-hybridized carbons (Fsp3) is 0.688. The van der Waals surface area contributed by atoms with Gasteiger partial charge in [-0.2, -0.15) is 0 Å². The number of nitrogens with one attached hydrogen (secondary N) is 1. The monoisotopic (exact) mass is 307 g/mol. The molecule has 1 saturated heterocycles. The molecule has 0 aromatic carbocycles. The van der Waals surface area contributed by atoms with Gasteiger partial charge < -0.3 is 9.80 Å². The molecule has 1 aliphatic carbocycles. The lowest BCUT2D eigenvalue weighted by Gasteiger charge is -2.28. The van der Waals surface area contributed by atoms with Crippen LogP contribution in [0.3, 0.4) is 0 Å². The summed E-state index contributed by atoms with van der Waals surface area (Å²) >= 11 is 1.79. The molecule has 3 rings (SSSR count). The van der Waals surface area contributed by atoms with Gasteiger partial charge >= 0.3 is 0 Å². The Kier molecular flexibility index (Phi) is 3.84. The molecule has 1 unspecified atom stereocenters. The van der Waals surface area contributed by atoms with Gasteiger partial charge in [0.1, 0.15) is 11.7 Å². The quantitative estimate of drug-likeness (QED) is 0.907. The van der Waals surface area contributed by atoms with Gasteiger partial charge in [-0.1, -0.05) is 0 Å². The van der Waals surface area contributed by atoms with Crippen LogP contribution in [0.15, 0.2) is 12.1 Å². The Morgan fingerprint density at radius 1 is 1.48 bits per heavy atom. The van der Waals surface area contributed by atoms with E-state index in [-0.39, 0.29) is 11.7 Å². The van der Waals surface area contributed by atoms with E-state index in [9.17, 15) is 4.79 Å². The summed E-state index contributed by atoms with van der Waals surface area (Å²) < 4.78 is 0. The van der Waals surface area contributed by atoms with E-state index in [1.165, 1.54) is 9.75 Å². The largest absolute Gasteiger partial charge is 0.319 e. The third kappa shape index (κ3) is 2.74. The molecule has 4 nitrogen and oxygen atoms in total. The van der Waals surface area contributed by atoms with E-state index in [2.05, 4.69) is 55.1 Å². The highest BCUT2D eigenvalue weighted by molar-refractivity contribution is 7.12. The van der Waals surface area contributed by atoms with Crippen molar-refractivity contribution in [2.45, 2.75) is 51.4 Å². The van der Waals surface area contributed by atoms with E-state index >= 15 is 0 Å². The first-order valence-electron chi connectivity index (χ1n) is 7.78. The summed E-state index contributed by atoms with van der Waals surface area (Å²) in [5.41, 5.74) is -0.237. The molecule has 2 fully saturated rings. The molecule has 21 heavy (non-hydrogen) atoms. The average molecular weight is 307 g/mol. The lowest BCUT2D eigenvalue weighted by molar-refractivity contribution is -0.131. The van der Waals surface area contributed by atoms with Gasteiger partial charge in [-0.15, -0.1) is 11.3 Å². The highest BCUT2D eigenvalue weighted by atomic mass is 32.1. The summed E-state index contributed by atoms with van der Waals surface area (Å²) in [4.78, 5) is 19.6. The van der Waals surface area contributed by atoms with Gasteiger partial charge in [0.25, 0.3) is 0 Å². The highest BCUT2D eigenvalue weighted by Gasteiger charge is 2.59. The first-order chi connectivity index (χ1) is 9.93. The molecular weight excluding hydrogens is 282 g/mol. The van der Waals surface area contributed by atoms with Crippen LogP contribution in [0, 0.1) is 6.92 Å². The number of aryl methyl sites for hydroxylation is 1. The van der Waals surface area contributed by atoms with E-state index in [4.69, 9.17) is 0 Å². The first kappa shape index (κ1) is 15.0. The number of carbonyl (C=O) groups is 1. The Labute approximate surface area is 131 Å². The summed E-state index contributed by atoms with van der Waals surface area (Å²) in [6.07, 6.45) is 2.05. The minimum Gasteiger partial charge on any atom is -0.319 e. The Bertz CT molecular complexity index is 535. The SMILES string of the molecule is Cc1ccc(C2NC3(CC3)C(=O)N2CCN(C)C(C)C)s1. The predicted octanol–water partition coefficient (Wildman–Crippen LogP) is 2.36. The van der Waals surface area contributed by atoms with Gasteiger partial charge in [0.2, 0.25) is 5.91 Å². The van der Waals surface area contributed by atoms with Crippen molar-refractivity contribution >= 4 is 17.2 Å². The van der Waals surface area contributed by atoms with Crippen LogP contribution in [0.1, 0.15) is 42.6 Å². The highest BCUT2D eigenvalue weighted by Crippen LogP contribution is 2.46. The average Bonchev–Trinajstić information content (AvgIpc) is 3.02. The molecular formula is C16H25N3OS. The Balaban J connectivity index is 1.76. The van der Waals surface area contributed by atoms with Crippen LogP contribution in [-0.4, -0.2) is 47.4 Å². The molecule has 0 radical (unpaired) electrons. The van der Waals surface area contributed by atoms with Crippen molar-refractivity contribution in [1.29, 1.82) is 0 Å². The molecule has 0 bridgehead atoms. The van der Waals surface area contributed by atoms with E-state index < -0.39 is 0 Å². The van der Waals surface area contributed by atoms with Crippen LogP contribution in [0.2, 0.25) is 0 Å². The van der Waals surface area contributed by atoms with Gasteiger partial charge in [0, 0.05) is 28.9 Å². The molecule has 5 heteroatoms. The second-order valence-electron chi connectivity index (χ2n) is 6.65. The van der Waals surface area contributed by atoms with E-state index in [0.717, 1.165) is 25.9 Å². The van der Waals surface area contributed by atoms with Crippen molar-refractivity contribution < 1.29 is 4.79 Å². The third-order valence-corrected chi connectivity index (χ3v) is 5.80. The van der Waals surface area contributed by atoms with Crippen LogP contribution >= 0.6 is 11.3 Å². The van der Waals surface area contributed by atoms with Gasteiger partial charge in [-0.3, -0.25) is 10.1 Å². The number of thiophene rings is 1. The Hall–Kier alpha value is -0.910. The zero-order chi connectivity index (χ0) is 15.2. The number of amides is 1. The van der Waals surface area contributed by atoms with Crippen molar-refractivity contribution in [3.8, 4) is 0 Å². The second kappa shape index (κ2) is 5.38. The van der Waals surface area contributed by atoms with Crippen molar-refractivity contribution in [2.24, 2.45) is 0 Å². The van der Waals surface area contributed by atoms with Crippen LogP contribution in [-0.2, 0) is 4.79 Å². The van der Waals surface area contributed by atoms with Crippen LogP contribution in [0.4, 0.5) is 0 Å². The molecule has 1 aliphatic heterocycles. The van der Waals surface area contributed by atoms with Crippen LogP contribution < -0.4 is 5.32 Å². The third-order valence-electron chi connectivity index (χ3n) is 4.75. The molecule has 2 aliphatic rings. The standard InChI is InChI=1S/C16H25N3OS/c1-11(2)18(4)9-10-19-14(13-6-5-12(3)21-13)17-16(7-8-16)15(19)20/h5-6,11,14,17H,7-10H2,1-4H3. The zero-order valence-corrected chi connectivity index (χ0v) is 14.2. The number of likely N-dealkylation sites (N-methyl/N-ethyl adjacent to an activating group) is 1. The summed E-state index contributed by atoms with van der Waals surface area (Å²) in [5.74, 6) is 0.302. The fourth-order valence-corrected chi connectivity index (χ4v) is 3.80. The van der Waals surface area contributed by atoms with Gasteiger partial charge in [-0.05, 0) is 52.8 Å². The topological polar surface area (TPSA) is 35.6 Å². The zero-order valence-electron chi connectivity index (χ0n) is 13.3. The molecule has 1 spiro atoms. The lowest BCUT2D eigenvalue weighted by Crippen LogP contribution is -2.39. The number of nitrogens with zero attached hydrogens (tertiary/aromatic N) is 2. The maximum Gasteiger partial charge on any atom is 0.244 e. The van der Waals surface area contributed by atoms with Crippen molar-refractivity contribution in [3.05, 3.63) is 21.9 Å². The molecule has 1 saturated carbocycles. The minimum atomic E-state index is -0.237. The van der Waals surface area contributed by atoms with E-state index in [1.807, 2.05) is 0 Å². The molecule has 1 aromatic rings. The maximum absolute atomic E-state index is 12.7. The first-order valence-corrected chi connectivity index (χ1v) is 8.60. The van der Waals surface area contributed by atoms with Gasteiger partial charge in [0.15, 0.2) is 0 Å². The molecule has 1 atom stereocenters. The second-order valence-corrected chi connectivity index (χ2v) is 7.97. The normalized spacial score (nSPS) is 23.8. The Morgan fingerprint density at radius 3 is 2.71 bits per heavy atom. The number of rotatable bonds is 5. The minimum absolute atomic E-state index is 0.0688. The Morgan fingerprint density at radius 2 is 2.19 bits per heavy atom. The summed E-state index contributed by atoms with van der Waals surface area (Å²) in [5, 5.41) is 3.59. The van der Waals surface area contributed by atoms with Crippen LogP contribution in [0.25, 0.3) is 0 Å². The molecule has 1 aromatic heterocycles. The van der Waals surface area contributed by atoms with Crippen molar-refractivity contribution in [1.82, 2.24) is 15.1 Å². The molecule has 2 heterocycles. The van der Waals surface area contributed by atoms with Gasteiger partial charge in [0.05, 0.1) is 0 Å². The van der Waals surface area contributed by atoms with Crippen molar-refractivity contribution in [2.75, 3.05) is 20.1 Å². The molecule has 116 valence electrons. The smallest absolute Gasteiger partial charge is 0.244 e. The number of hydrogen-bond donors (Lipinski definition) is 1. The van der Waals surface area contributed by atoms with Crippen molar-refractivity contribution in [3.63, 3.8) is 0 Å². The molecule has 1 N–H and O–H groups in total. The maximum atomic E-state index is 12.7. The summed E-state index contributed by atoms with van der Waals surface area (Å²) in [6.45, 7) is 8.21. The number of carbonyl (C=O) groups excluding carboxylic acids is 1. The molecule has 1 amide bonds. The summed E-state index contributed by atoms with van der Waals surface area (Å²) in [6, 6.07) is 4.81. The number of hydrogen-bond acceptors (Lipinski definition) is 4. The predicted molar refractivity (Wildman–Crippen MR) is 86.4 cm³/mol. The van der Waals surface area contributed by atoms with E-state index in [0.29, 0.717) is 11.9 Å². The van der Waals surface area contributed by atoms with Gasteiger partial charge in [-0.25, -0.2) is 0 Å².